The van der Waals surface area contributed by atoms with Crippen LogP contribution >= 0.6 is 0 Å². The summed E-state index contributed by atoms with van der Waals surface area (Å²) in [7, 11) is 0. The summed E-state index contributed by atoms with van der Waals surface area (Å²) < 4.78 is 13.6. The maximum Gasteiger partial charge on any atom is 0.303 e. The minimum atomic E-state index is -1.09. The first kappa shape index (κ1) is 24.9. The lowest BCUT2D eigenvalue weighted by Gasteiger charge is -2.35. The van der Waals surface area contributed by atoms with Gasteiger partial charge in [-0.05, 0) is 59.9 Å². The molecule has 0 bridgehead atoms. The van der Waals surface area contributed by atoms with E-state index in [2.05, 4.69) is 11.4 Å². The smallest absolute Gasteiger partial charge is 0.303 e. The van der Waals surface area contributed by atoms with E-state index in [0.717, 1.165) is 5.56 Å². The molecule has 1 amide bonds. The van der Waals surface area contributed by atoms with Gasteiger partial charge in [0.05, 0.1) is 35.5 Å². The van der Waals surface area contributed by atoms with E-state index in [9.17, 15) is 29.1 Å². The number of amides is 1. The number of rotatable bonds is 5. The molecule has 0 saturated heterocycles. The van der Waals surface area contributed by atoms with Gasteiger partial charge in [-0.25, -0.2) is 4.39 Å². The van der Waals surface area contributed by atoms with Crippen LogP contribution in [0.2, 0.25) is 0 Å². The van der Waals surface area contributed by atoms with Crippen LogP contribution in [0.3, 0.4) is 0 Å². The summed E-state index contributed by atoms with van der Waals surface area (Å²) in [5.74, 6) is -2.22. The van der Waals surface area contributed by atoms with Gasteiger partial charge in [0.25, 0.3) is 0 Å². The van der Waals surface area contributed by atoms with E-state index in [4.69, 9.17) is 0 Å². The van der Waals surface area contributed by atoms with Crippen LogP contribution in [0.4, 0.5) is 15.8 Å². The lowest BCUT2D eigenvalue weighted by atomic mass is 9.78. The normalized spacial score (nSPS) is 18.5. The summed E-state index contributed by atoms with van der Waals surface area (Å²) >= 11 is 0. The third-order valence-electron chi connectivity index (χ3n) is 7.01. The minimum Gasteiger partial charge on any atom is -0.481 e. The van der Waals surface area contributed by atoms with Gasteiger partial charge < -0.3 is 10.4 Å². The maximum atomic E-state index is 13.9. The molecule has 0 fully saturated rings. The van der Waals surface area contributed by atoms with Crippen LogP contribution in [0.25, 0.3) is 0 Å². The van der Waals surface area contributed by atoms with Gasteiger partial charge in [0.2, 0.25) is 5.91 Å². The van der Waals surface area contributed by atoms with Gasteiger partial charge in [0, 0.05) is 24.1 Å². The Balaban J connectivity index is 1.68. The van der Waals surface area contributed by atoms with E-state index in [1.165, 1.54) is 17.0 Å². The Bertz CT molecular complexity index is 1490. The molecule has 2 atom stereocenters. The summed E-state index contributed by atoms with van der Waals surface area (Å²) in [6, 6.07) is 21.3. The topological polar surface area (TPSA) is 111 Å². The van der Waals surface area contributed by atoms with Crippen molar-refractivity contribution >= 4 is 29.0 Å². The monoisotopic (exact) mass is 509 g/mol. The Morgan fingerprint density at radius 1 is 0.974 bits per heavy atom. The van der Waals surface area contributed by atoms with Gasteiger partial charge in [-0.15, -0.1) is 0 Å². The van der Waals surface area contributed by atoms with Crippen molar-refractivity contribution in [2.75, 3.05) is 10.2 Å². The predicted octanol–water partition coefficient (Wildman–Crippen LogP) is 5.46. The maximum absolute atomic E-state index is 13.9. The van der Waals surface area contributed by atoms with Gasteiger partial charge in [-0.2, -0.15) is 5.26 Å². The van der Waals surface area contributed by atoms with Crippen LogP contribution in [0.5, 0.6) is 0 Å². The zero-order valence-corrected chi connectivity index (χ0v) is 20.4. The summed E-state index contributed by atoms with van der Waals surface area (Å²) in [5, 5.41) is 21.9. The summed E-state index contributed by atoms with van der Waals surface area (Å²) in [6.45, 7) is 0. The highest BCUT2D eigenvalue weighted by Crippen LogP contribution is 2.47. The highest BCUT2D eigenvalue weighted by Gasteiger charge is 2.41. The Hall–Kier alpha value is -4.77. The number of carbonyl (C=O) groups is 3. The zero-order valence-electron chi connectivity index (χ0n) is 20.4. The number of benzene rings is 3. The molecule has 2 N–H and O–H groups in total. The van der Waals surface area contributed by atoms with Crippen LogP contribution < -0.4 is 10.2 Å². The number of hydrogen-bond acceptors (Lipinski definition) is 5. The Kier molecular flexibility index (Phi) is 6.75. The number of ketones is 1. The summed E-state index contributed by atoms with van der Waals surface area (Å²) in [6.07, 6.45) is 0.0420. The van der Waals surface area contributed by atoms with Crippen LogP contribution in [0, 0.1) is 17.1 Å². The molecule has 0 aromatic heterocycles. The van der Waals surface area contributed by atoms with Crippen molar-refractivity contribution in [1.82, 2.24) is 0 Å². The standard InChI is InChI=1S/C30H24FN3O4/c31-22-11-9-19(10-12-22)21-15-24-29(26(35)16-21)30(20-7-5-18(17-32)6-8-20)34(27(36)13-14-28(37)38)25-4-2-1-3-23(25)33-24/h1-12,21,30,33H,13-16H2,(H,37,38). The van der Waals surface area contributed by atoms with E-state index in [1.54, 1.807) is 48.5 Å². The highest BCUT2D eigenvalue weighted by molar-refractivity contribution is 6.06. The van der Waals surface area contributed by atoms with E-state index in [1.807, 2.05) is 12.1 Å². The van der Waals surface area contributed by atoms with Crippen molar-refractivity contribution in [1.29, 1.82) is 5.26 Å². The number of allylic oxidation sites excluding steroid dienone is 1. The van der Waals surface area contributed by atoms with Crippen molar-refractivity contribution in [3.63, 3.8) is 0 Å². The number of Topliss-reactive ketones (excluding diaryl/α,β-unsaturated/α-hetero) is 1. The van der Waals surface area contributed by atoms with Crippen molar-refractivity contribution < 1.29 is 23.9 Å². The lowest BCUT2D eigenvalue weighted by Crippen LogP contribution is -2.38. The van der Waals surface area contributed by atoms with Crippen molar-refractivity contribution in [3.8, 4) is 6.07 Å². The summed E-state index contributed by atoms with van der Waals surface area (Å²) in [4.78, 5) is 40.3. The van der Waals surface area contributed by atoms with Crippen molar-refractivity contribution in [2.45, 2.75) is 37.6 Å². The van der Waals surface area contributed by atoms with Gasteiger partial charge in [0.1, 0.15) is 5.82 Å². The number of nitrogens with one attached hydrogen (secondary N) is 1. The minimum absolute atomic E-state index is 0.161. The second-order valence-corrected chi connectivity index (χ2v) is 9.41. The van der Waals surface area contributed by atoms with Crippen molar-refractivity contribution in [2.24, 2.45) is 0 Å². The Morgan fingerprint density at radius 3 is 2.34 bits per heavy atom. The number of anilines is 2. The number of carbonyl (C=O) groups excluding carboxylic acids is 2. The number of aliphatic carboxylic acids is 1. The first-order chi connectivity index (χ1) is 18.4. The molecule has 0 saturated carbocycles. The number of para-hydroxylation sites is 2. The number of nitriles is 1. The molecule has 3 aromatic carbocycles. The van der Waals surface area contributed by atoms with Gasteiger partial charge >= 0.3 is 5.97 Å². The fourth-order valence-electron chi connectivity index (χ4n) is 5.23. The number of nitrogens with zero attached hydrogens (tertiary/aromatic N) is 2. The van der Waals surface area contributed by atoms with Crippen LogP contribution in [-0.4, -0.2) is 22.8 Å². The number of halogens is 1. The lowest BCUT2D eigenvalue weighted by molar-refractivity contribution is -0.138. The van der Waals surface area contributed by atoms with Gasteiger partial charge in [0.15, 0.2) is 5.78 Å². The molecular formula is C30H24FN3O4. The molecule has 0 spiro atoms. The fourth-order valence-corrected chi connectivity index (χ4v) is 5.23. The van der Waals surface area contributed by atoms with Crippen LogP contribution in [-0.2, 0) is 14.4 Å². The van der Waals surface area contributed by atoms with E-state index >= 15 is 0 Å². The second-order valence-electron chi connectivity index (χ2n) is 9.41. The summed E-state index contributed by atoms with van der Waals surface area (Å²) in [5.41, 5.74) is 4.14. The molecule has 1 heterocycles. The SMILES string of the molecule is N#Cc1ccc(C2C3=C(CC(c4ccc(F)cc4)CC3=O)Nc3ccccc3N2C(=O)CCC(=O)O)cc1. The molecule has 190 valence electrons. The Labute approximate surface area is 218 Å². The molecule has 1 aliphatic carbocycles. The number of carboxylic acids is 1. The average molecular weight is 510 g/mol. The number of carboxylic acid groups (broad SMARTS) is 1. The van der Waals surface area contributed by atoms with Crippen LogP contribution in [0.15, 0.2) is 84.1 Å². The molecule has 2 unspecified atom stereocenters. The first-order valence-electron chi connectivity index (χ1n) is 12.3. The third kappa shape index (κ3) is 4.78. The number of fused-ring (bicyclic) bond motifs is 1. The molecule has 38 heavy (non-hydrogen) atoms. The predicted molar refractivity (Wildman–Crippen MR) is 139 cm³/mol. The van der Waals surface area contributed by atoms with E-state index < -0.39 is 17.9 Å². The quantitative estimate of drug-likeness (QED) is 0.472. The third-order valence-corrected chi connectivity index (χ3v) is 7.01. The molecule has 7 nitrogen and oxygen atoms in total. The molecular weight excluding hydrogens is 485 g/mol. The average Bonchev–Trinajstić information content (AvgIpc) is 3.07. The molecule has 1 aliphatic heterocycles. The van der Waals surface area contributed by atoms with Gasteiger partial charge in [-0.1, -0.05) is 36.4 Å². The molecule has 8 heteroatoms. The molecule has 5 rings (SSSR count). The van der Waals surface area contributed by atoms with E-state index in [-0.39, 0.29) is 36.8 Å². The largest absolute Gasteiger partial charge is 0.481 e. The number of hydrogen-bond donors (Lipinski definition) is 2. The van der Waals surface area contributed by atoms with Crippen LogP contribution in [0.1, 0.15) is 54.3 Å². The van der Waals surface area contributed by atoms with Gasteiger partial charge in [-0.3, -0.25) is 19.3 Å². The second kappa shape index (κ2) is 10.3. The molecule has 0 radical (unpaired) electrons. The van der Waals surface area contributed by atoms with Crippen molar-refractivity contribution in [3.05, 3.63) is 107 Å². The van der Waals surface area contributed by atoms with E-state index in [0.29, 0.717) is 40.2 Å². The highest BCUT2D eigenvalue weighted by atomic mass is 19.1. The first-order valence-corrected chi connectivity index (χ1v) is 12.3. The zero-order chi connectivity index (χ0) is 26.8. The fraction of sp³-hybridized carbons (Fsp3) is 0.200. The molecule has 3 aromatic rings. The Morgan fingerprint density at radius 2 is 1.66 bits per heavy atom. The molecule has 2 aliphatic rings.